The van der Waals surface area contributed by atoms with Gasteiger partial charge in [-0.15, -0.1) is 0 Å². The Kier molecular flexibility index (Phi) is 7.65. The average Bonchev–Trinajstić information content (AvgIpc) is 2.72. The van der Waals surface area contributed by atoms with Crippen LogP contribution < -0.4 is 24.8 Å². The number of amides is 2. The van der Waals surface area contributed by atoms with Gasteiger partial charge in [0.15, 0.2) is 21.3 Å². The van der Waals surface area contributed by atoms with E-state index in [1.807, 2.05) is 0 Å². The number of hydrogen-bond donors (Lipinski definition) is 2. The quantitative estimate of drug-likeness (QED) is 0.618. The number of anilines is 2. The van der Waals surface area contributed by atoms with Crippen molar-refractivity contribution in [2.45, 2.75) is 12.2 Å². The van der Waals surface area contributed by atoms with E-state index in [0.717, 1.165) is 0 Å². The highest BCUT2D eigenvalue weighted by Gasteiger charge is 2.30. The van der Waals surface area contributed by atoms with Crippen molar-refractivity contribution in [3.05, 3.63) is 42.5 Å². The lowest BCUT2D eigenvalue weighted by Crippen LogP contribution is -2.37. The van der Waals surface area contributed by atoms with Crippen molar-refractivity contribution < 1.29 is 32.2 Å². The molecule has 0 aliphatic carbocycles. The Morgan fingerprint density at radius 3 is 2.17 bits per heavy atom. The van der Waals surface area contributed by atoms with Crippen molar-refractivity contribution in [2.24, 2.45) is 0 Å². The summed E-state index contributed by atoms with van der Waals surface area (Å²) in [6.45, 7) is 1.22. The molecular formula is C20H24N2O7S. The molecule has 30 heavy (non-hydrogen) atoms. The van der Waals surface area contributed by atoms with Gasteiger partial charge in [-0.1, -0.05) is 12.1 Å². The molecule has 162 valence electrons. The topological polar surface area (TPSA) is 120 Å². The number of nitrogens with one attached hydrogen (secondary N) is 2. The number of methoxy groups -OCH3 is 3. The molecule has 2 rings (SSSR count). The summed E-state index contributed by atoms with van der Waals surface area (Å²) in [4.78, 5) is 24.7. The number of carbonyl (C=O) groups is 2. The largest absolute Gasteiger partial charge is 0.495 e. The second-order valence-corrected chi connectivity index (χ2v) is 8.58. The minimum absolute atomic E-state index is 0.332. The van der Waals surface area contributed by atoms with Gasteiger partial charge in [-0.3, -0.25) is 9.59 Å². The molecule has 0 aliphatic rings. The third-order valence-corrected chi connectivity index (χ3v) is 6.23. The van der Waals surface area contributed by atoms with Crippen LogP contribution in [0.4, 0.5) is 11.4 Å². The molecule has 0 heterocycles. The van der Waals surface area contributed by atoms with Gasteiger partial charge in [-0.2, -0.15) is 0 Å². The van der Waals surface area contributed by atoms with Gasteiger partial charge in [-0.25, -0.2) is 8.42 Å². The van der Waals surface area contributed by atoms with Crippen molar-refractivity contribution in [2.75, 3.05) is 37.7 Å². The highest BCUT2D eigenvalue weighted by atomic mass is 32.2. The molecule has 2 aromatic carbocycles. The summed E-state index contributed by atoms with van der Waals surface area (Å²) in [5, 5.41) is 3.54. The van der Waals surface area contributed by atoms with E-state index in [9.17, 15) is 18.0 Å². The first-order valence-electron chi connectivity index (χ1n) is 8.89. The summed E-state index contributed by atoms with van der Waals surface area (Å²) in [7, 11) is 0.279. The van der Waals surface area contributed by atoms with Gasteiger partial charge >= 0.3 is 0 Å². The molecule has 9 nitrogen and oxygen atoms in total. The number of rotatable bonds is 9. The molecule has 0 aliphatic heterocycles. The smallest absolute Gasteiger partial charge is 0.242 e. The SMILES string of the molecule is COc1ccccc1NC(=O)CS(=O)(=O)C(C)C(=O)Nc1ccc(OC)c(OC)c1. The van der Waals surface area contributed by atoms with E-state index in [1.165, 1.54) is 34.3 Å². The summed E-state index contributed by atoms with van der Waals surface area (Å²) in [5.74, 6) is -1.17. The van der Waals surface area contributed by atoms with Gasteiger partial charge in [0.05, 0.1) is 27.0 Å². The second-order valence-electron chi connectivity index (χ2n) is 6.26. The summed E-state index contributed by atoms with van der Waals surface area (Å²) >= 11 is 0. The Morgan fingerprint density at radius 2 is 1.53 bits per heavy atom. The molecule has 10 heteroatoms. The average molecular weight is 436 g/mol. The number of ether oxygens (including phenoxy) is 3. The van der Waals surface area contributed by atoms with E-state index in [-0.39, 0.29) is 0 Å². The van der Waals surface area contributed by atoms with E-state index in [4.69, 9.17) is 14.2 Å². The summed E-state index contributed by atoms with van der Waals surface area (Å²) < 4.78 is 40.5. The first-order valence-corrected chi connectivity index (χ1v) is 10.6. The van der Waals surface area contributed by atoms with Crippen molar-refractivity contribution >= 4 is 33.0 Å². The normalized spacial score (nSPS) is 11.9. The zero-order valence-corrected chi connectivity index (χ0v) is 17.9. The van der Waals surface area contributed by atoms with Crippen molar-refractivity contribution in [1.82, 2.24) is 0 Å². The third-order valence-electron chi connectivity index (χ3n) is 4.27. The number of sulfone groups is 1. The predicted molar refractivity (Wildman–Crippen MR) is 113 cm³/mol. The van der Waals surface area contributed by atoms with Crippen LogP contribution in [0.3, 0.4) is 0 Å². The maximum atomic E-state index is 12.5. The molecule has 2 N–H and O–H groups in total. The minimum Gasteiger partial charge on any atom is -0.495 e. The van der Waals surface area contributed by atoms with Crippen LogP contribution in [0, 0.1) is 0 Å². The molecule has 1 atom stereocenters. The maximum Gasteiger partial charge on any atom is 0.242 e. The van der Waals surface area contributed by atoms with Gasteiger partial charge < -0.3 is 24.8 Å². The van der Waals surface area contributed by atoms with Crippen LogP contribution in [0.1, 0.15) is 6.92 Å². The summed E-state index contributed by atoms with van der Waals surface area (Å²) in [6, 6.07) is 11.2. The highest BCUT2D eigenvalue weighted by Crippen LogP contribution is 2.30. The lowest BCUT2D eigenvalue weighted by Gasteiger charge is -2.15. The molecule has 0 radical (unpaired) electrons. The van der Waals surface area contributed by atoms with Crippen molar-refractivity contribution in [3.63, 3.8) is 0 Å². The Bertz CT molecular complexity index is 1020. The lowest BCUT2D eigenvalue weighted by atomic mass is 10.2. The van der Waals surface area contributed by atoms with E-state index in [0.29, 0.717) is 28.6 Å². The molecule has 0 fully saturated rings. The first kappa shape index (κ1) is 23.0. The maximum absolute atomic E-state index is 12.5. The molecule has 2 amide bonds. The van der Waals surface area contributed by atoms with Gasteiger partial charge in [0.25, 0.3) is 0 Å². The van der Waals surface area contributed by atoms with E-state index < -0.39 is 32.7 Å². The molecule has 0 aromatic heterocycles. The molecule has 0 saturated carbocycles. The van der Waals surface area contributed by atoms with Gasteiger partial charge in [0.2, 0.25) is 11.8 Å². The fourth-order valence-corrected chi connectivity index (χ4v) is 3.64. The fourth-order valence-electron chi connectivity index (χ4n) is 2.56. The molecule has 0 bridgehead atoms. The van der Waals surface area contributed by atoms with Gasteiger partial charge in [0.1, 0.15) is 16.8 Å². The van der Waals surface area contributed by atoms with Crippen LogP contribution in [0.5, 0.6) is 17.2 Å². The molecule has 2 aromatic rings. The summed E-state index contributed by atoms with van der Waals surface area (Å²) in [5.41, 5.74) is 0.667. The minimum atomic E-state index is -4.07. The number of benzene rings is 2. The summed E-state index contributed by atoms with van der Waals surface area (Å²) in [6.07, 6.45) is 0. The monoisotopic (exact) mass is 436 g/mol. The van der Waals surface area contributed by atoms with Crippen LogP contribution in [-0.4, -0.2) is 52.6 Å². The molecule has 0 spiro atoms. The van der Waals surface area contributed by atoms with E-state index in [2.05, 4.69) is 10.6 Å². The fraction of sp³-hybridized carbons (Fsp3) is 0.300. The predicted octanol–water partition coefficient (Wildman–Crippen LogP) is 2.09. The van der Waals surface area contributed by atoms with Gasteiger partial charge in [-0.05, 0) is 31.2 Å². The van der Waals surface area contributed by atoms with Crippen molar-refractivity contribution in [3.8, 4) is 17.2 Å². The number of para-hydroxylation sites is 2. The number of carbonyl (C=O) groups excluding carboxylic acids is 2. The Hall–Kier alpha value is -3.27. The van der Waals surface area contributed by atoms with Crippen LogP contribution in [0.25, 0.3) is 0 Å². The zero-order chi connectivity index (χ0) is 22.3. The lowest BCUT2D eigenvalue weighted by molar-refractivity contribution is -0.115. The van der Waals surface area contributed by atoms with Crippen LogP contribution >= 0.6 is 0 Å². The van der Waals surface area contributed by atoms with Crippen molar-refractivity contribution in [1.29, 1.82) is 0 Å². The Morgan fingerprint density at radius 1 is 0.900 bits per heavy atom. The standard InChI is InChI=1S/C20H24N2O7S/c1-13(20(24)21-14-9-10-17(28-3)18(11-14)29-4)30(25,26)12-19(23)22-15-7-5-6-8-16(15)27-2/h5-11,13H,12H2,1-4H3,(H,21,24)(H,22,23). The van der Waals surface area contributed by atoms with Crippen LogP contribution in [-0.2, 0) is 19.4 Å². The number of hydrogen-bond acceptors (Lipinski definition) is 7. The Balaban J connectivity index is 2.06. The van der Waals surface area contributed by atoms with E-state index in [1.54, 1.807) is 36.4 Å². The Labute approximate surface area is 175 Å². The second kappa shape index (κ2) is 9.97. The van der Waals surface area contributed by atoms with E-state index >= 15 is 0 Å². The van der Waals surface area contributed by atoms with Gasteiger partial charge in [0, 0.05) is 11.8 Å². The molecular weight excluding hydrogens is 412 g/mol. The molecule has 0 saturated heterocycles. The third kappa shape index (κ3) is 5.63. The molecule has 1 unspecified atom stereocenters. The van der Waals surface area contributed by atoms with Crippen LogP contribution in [0.15, 0.2) is 42.5 Å². The van der Waals surface area contributed by atoms with Crippen LogP contribution in [0.2, 0.25) is 0 Å². The highest BCUT2D eigenvalue weighted by molar-refractivity contribution is 7.93. The first-order chi connectivity index (χ1) is 14.2. The zero-order valence-electron chi connectivity index (χ0n) is 17.1.